The van der Waals surface area contributed by atoms with Crippen molar-refractivity contribution in [3.63, 3.8) is 0 Å². The highest BCUT2D eigenvalue weighted by Crippen LogP contribution is 2.41. The Balaban J connectivity index is 1.85. The number of benzene rings is 1. The van der Waals surface area contributed by atoms with E-state index in [2.05, 4.69) is 60.4 Å². The monoisotopic (exact) mass is 336 g/mol. The minimum Gasteiger partial charge on any atom is -0.328 e. The lowest BCUT2D eigenvalue weighted by molar-refractivity contribution is -0.117. The number of nitrogens with zero attached hydrogens (tertiary/aromatic N) is 3. The van der Waals surface area contributed by atoms with Crippen molar-refractivity contribution in [2.24, 2.45) is 5.92 Å². The normalized spacial score (nSPS) is 22.7. The molecule has 0 radical (unpaired) electrons. The molecular formula is C20H24N4O. The summed E-state index contributed by atoms with van der Waals surface area (Å²) in [5.74, 6) is 2.51. The topological polar surface area (TPSA) is 59.8 Å². The van der Waals surface area contributed by atoms with Crippen molar-refractivity contribution in [3.05, 3.63) is 52.5 Å². The molecule has 0 saturated carbocycles. The Labute approximate surface area is 148 Å². The lowest BCUT2D eigenvalue weighted by Crippen LogP contribution is -2.33. The van der Waals surface area contributed by atoms with Gasteiger partial charge in [0.1, 0.15) is 11.9 Å². The highest BCUT2D eigenvalue weighted by atomic mass is 16.1. The van der Waals surface area contributed by atoms with Crippen LogP contribution in [0, 0.1) is 12.8 Å². The molecule has 1 aliphatic carbocycles. The lowest BCUT2D eigenvalue weighted by atomic mass is 9.81. The van der Waals surface area contributed by atoms with Crippen LogP contribution in [0.4, 0.5) is 5.95 Å². The van der Waals surface area contributed by atoms with Gasteiger partial charge in [0, 0.05) is 17.7 Å². The van der Waals surface area contributed by atoms with Crippen LogP contribution in [0.3, 0.4) is 0 Å². The number of aryl methyl sites for hydroxylation is 1. The zero-order valence-electron chi connectivity index (χ0n) is 15.2. The number of Topliss-reactive ketones (excluding diaryl/α,β-unsaturated/α-hetero) is 1. The molecule has 0 spiro atoms. The van der Waals surface area contributed by atoms with Crippen LogP contribution in [0.5, 0.6) is 0 Å². The number of hydrogen-bond donors (Lipinski definition) is 1. The van der Waals surface area contributed by atoms with Crippen molar-refractivity contribution in [2.45, 2.75) is 52.5 Å². The summed E-state index contributed by atoms with van der Waals surface area (Å²) in [6, 6.07) is 8.38. The van der Waals surface area contributed by atoms with Gasteiger partial charge < -0.3 is 5.32 Å². The summed E-state index contributed by atoms with van der Waals surface area (Å²) in [6.45, 7) is 8.38. The highest BCUT2D eigenvalue weighted by Gasteiger charge is 2.38. The summed E-state index contributed by atoms with van der Waals surface area (Å²) >= 11 is 0. The average molecular weight is 336 g/mol. The summed E-state index contributed by atoms with van der Waals surface area (Å²) in [7, 11) is 0. The van der Waals surface area contributed by atoms with Crippen molar-refractivity contribution < 1.29 is 4.79 Å². The molecule has 5 heteroatoms. The molecule has 1 aromatic carbocycles. The summed E-state index contributed by atoms with van der Waals surface area (Å²) in [5, 5.41) is 7.93. The van der Waals surface area contributed by atoms with Gasteiger partial charge in [-0.25, -0.2) is 4.68 Å². The number of ketones is 1. The van der Waals surface area contributed by atoms with Gasteiger partial charge in [-0.1, -0.05) is 45.0 Å². The zero-order chi connectivity index (χ0) is 17.7. The number of hydrogen-bond acceptors (Lipinski definition) is 4. The molecule has 130 valence electrons. The fraction of sp³-hybridized carbons (Fsp3) is 0.450. The van der Waals surface area contributed by atoms with Crippen LogP contribution in [-0.2, 0) is 4.79 Å². The van der Waals surface area contributed by atoms with Crippen LogP contribution >= 0.6 is 0 Å². The maximum atomic E-state index is 12.9. The van der Waals surface area contributed by atoms with Gasteiger partial charge in [-0.2, -0.15) is 10.1 Å². The first-order valence-corrected chi connectivity index (χ1v) is 9.00. The van der Waals surface area contributed by atoms with E-state index in [9.17, 15) is 4.79 Å². The summed E-state index contributed by atoms with van der Waals surface area (Å²) < 4.78 is 1.87. The predicted molar refractivity (Wildman–Crippen MR) is 97.5 cm³/mol. The lowest BCUT2D eigenvalue weighted by Gasteiger charge is -2.34. The van der Waals surface area contributed by atoms with E-state index in [1.807, 2.05) is 11.6 Å². The Morgan fingerprint density at radius 2 is 1.92 bits per heavy atom. The zero-order valence-corrected chi connectivity index (χ0v) is 15.2. The van der Waals surface area contributed by atoms with Crippen LogP contribution in [0.1, 0.15) is 62.5 Å². The standard InChI is InChI=1S/C20H24N4O/c1-11(2)14-5-7-15(8-6-14)19-18-16(9-12(3)10-17(18)25)22-20-21-13(4)23-24(19)20/h5-8,11-12,19H,9-10H2,1-4H3,(H,21,22,23)/t12-,19+/m0/s1. The van der Waals surface area contributed by atoms with Crippen LogP contribution in [0.25, 0.3) is 0 Å². The van der Waals surface area contributed by atoms with Gasteiger partial charge in [-0.15, -0.1) is 0 Å². The number of carbonyl (C=O) groups excluding carboxylic acids is 1. The van der Waals surface area contributed by atoms with E-state index in [0.717, 1.165) is 29.2 Å². The van der Waals surface area contributed by atoms with Gasteiger partial charge in [-0.3, -0.25) is 4.79 Å². The Morgan fingerprint density at radius 3 is 2.60 bits per heavy atom. The van der Waals surface area contributed by atoms with E-state index in [-0.39, 0.29) is 11.8 Å². The van der Waals surface area contributed by atoms with Crippen molar-refractivity contribution in [1.29, 1.82) is 0 Å². The van der Waals surface area contributed by atoms with Crippen LogP contribution in [0.15, 0.2) is 35.5 Å². The Hall–Kier alpha value is -2.43. The van der Waals surface area contributed by atoms with Gasteiger partial charge in [0.05, 0.1) is 0 Å². The minimum absolute atomic E-state index is 0.186. The highest BCUT2D eigenvalue weighted by molar-refractivity contribution is 5.99. The molecule has 2 aliphatic rings. The molecule has 2 heterocycles. The Morgan fingerprint density at radius 1 is 1.20 bits per heavy atom. The second-order valence-corrected chi connectivity index (χ2v) is 7.60. The van der Waals surface area contributed by atoms with E-state index >= 15 is 0 Å². The third-order valence-corrected chi connectivity index (χ3v) is 5.15. The average Bonchev–Trinajstić information content (AvgIpc) is 2.92. The van der Waals surface area contributed by atoms with Gasteiger partial charge in [0.25, 0.3) is 0 Å². The van der Waals surface area contributed by atoms with Gasteiger partial charge >= 0.3 is 0 Å². The van der Waals surface area contributed by atoms with Crippen molar-refractivity contribution in [2.75, 3.05) is 5.32 Å². The Kier molecular flexibility index (Phi) is 3.74. The summed E-state index contributed by atoms with van der Waals surface area (Å²) in [6.07, 6.45) is 1.48. The molecule has 4 rings (SSSR count). The van der Waals surface area contributed by atoms with Crippen molar-refractivity contribution >= 4 is 11.7 Å². The second kappa shape index (κ2) is 5.83. The molecule has 2 atom stereocenters. The smallest absolute Gasteiger partial charge is 0.226 e. The largest absolute Gasteiger partial charge is 0.328 e. The van der Waals surface area contributed by atoms with Crippen molar-refractivity contribution in [3.8, 4) is 0 Å². The quantitative estimate of drug-likeness (QED) is 0.901. The second-order valence-electron chi connectivity index (χ2n) is 7.60. The SMILES string of the molecule is Cc1nc2n(n1)[C@H](c1ccc(C(C)C)cc1)C1=C(C[C@H](C)CC1=O)N2. The Bertz CT molecular complexity index is 860. The molecule has 0 unspecified atom stereocenters. The minimum atomic E-state index is -0.186. The number of allylic oxidation sites excluding steroid dienone is 2. The maximum Gasteiger partial charge on any atom is 0.226 e. The molecule has 1 aromatic heterocycles. The number of fused-ring (bicyclic) bond motifs is 1. The molecule has 1 aliphatic heterocycles. The van der Waals surface area contributed by atoms with Crippen LogP contribution in [-0.4, -0.2) is 20.5 Å². The summed E-state index contributed by atoms with van der Waals surface area (Å²) in [4.78, 5) is 17.4. The van der Waals surface area contributed by atoms with E-state index < -0.39 is 0 Å². The van der Waals surface area contributed by atoms with Gasteiger partial charge in [-0.05, 0) is 36.3 Å². The molecule has 1 N–H and O–H groups in total. The molecule has 0 saturated heterocycles. The van der Waals surface area contributed by atoms with Gasteiger partial charge in [0.15, 0.2) is 5.78 Å². The summed E-state index contributed by atoms with van der Waals surface area (Å²) in [5.41, 5.74) is 4.26. The number of anilines is 1. The molecule has 5 nitrogen and oxygen atoms in total. The van der Waals surface area contributed by atoms with E-state index in [1.54, 1.807) is 0 Å². The fourth-order valence-corrected chi connectivity index (χ4v) is 3.88. The van der Waals surface area contributed by atoms with E-state index in [0.29, 0.717) is 24.1 Å². The predicted octanol–water partition coefficient (Wildman–Crippen LogP) is 3.98. The first kappa shape index (κ1) is 16.1. The number of carbonyl (C=O) groups is 1. The molecule has 2 aromatic rings. The first-order chi connectivity index (χ1) is 11.9. The maximum absolute atomic E-state index is 12.9. The van der Waals surface area contributed by atoms with E-state index in [1.165, 1.54) is 5.56 Å². The molecule has 0 bridgehead atoms. The van der Waals surface area contributed by atoms with Crippen LogP contribution < -0.4 is 5.32 Å². The number of nitrogens with one attached hydrogen (secondary N) is 1. The number of rotatable bonds is 2. The third kappa shape index (κ3) is 2.68. The fourth-order valence-electron chi connectivity index (χ4n) is 3.88. The van der Waals surface area contributed by atoms with Crippen LogP contribution in [0.2, 0.25) is 0 Å². The third-order valence-electron chi connectivity index (χ3n) is 5.15. The molecule has 0 fully saturated rings. The van der Waals surface area contributed by atoms with Gasteiger partial charge in [0.2, 0.25) is 5.95 Å². The van der Waals surface area contributed by atoms with E-state index in [4.69, 9.17) is 0 Å². The molecular weight excluding hydrogens is 312 g/mol. The van der Waals surface area contributed by atoms with Crippen molar-refractivity contribution in [1.82, 2.24) is 14.8 Å². The molecule has 0 amide bonds. The molecule has 25 heavy (non-hydrogen) atoms. The number of aromatic nitrogens is 3. The first-order valence-electron chi connectivity index (χ1n) is 9.00.